The number of hydrogen-bond donors (Lipinski definition) is 2. The molecule has 0 aliphatic carbocycles. The van der Waals surface area contributed by atoms with Crippen LogP contribution >= 0.6 is 24.0 Å². The molecule has 0 radical (unpaired) electrons. The van der Waals surface area contributed by atoms with Crippen LogP contribution in [-0.4, -0.2) is 58.9 Å². The van der Waals surface area contributed by atoms with Crippen LogP contribution in [0.4, 0.5) is 0 Å². The highest BCUT2D eigenvalue weighted by atomic mass is 127. The molecule has 176 valence electrons. The van der Waals surface area contributed by atoms with Crippen LogP contribution in [0.3, 0.4) is 0 Å². The minimum atomic E-state index is 0. The normalized spacial score (nSPS) is 14.9. The molecule has 0 aromatic heterocycles. The molecule has 1 aliphatic rings. The van der Waals surface area contributed by atoms with Crippen LogP contribution < -0.4 is 24.8 Å². The third kappa shape index (κ3) is 6.90. The van der Waals surface area contributed by atoms with E-state index in [9.17, 15) is 0 Å². The molecule has 8 heteroatoms. The number of hydrogen-bond acceptors (Lipinski definition) is 5. The van der Waals surface area contributed by atoms with Crippen molar-refractivity contribution in [3.8, 4) is 17.2 Å². The number of nitrogens with zero attached hydrogens (tertiary/aromatic N) is 2. The number of benzene rings is 2. The van der Waals surface area contributed by atoms with Crippen LogP contribution in [0.25, 0.3) is 0 Å². The molecule has 0 amide bonds. The maximum atomic E-state index is 5.50. The number of rotatable bonds is 9. The maximum Gasteiger partial charge on any atom is 0.191 e. The van der Waals surface area contributed by atoms with Gasteiger partial charge in [0.2, 0.25) is 0 Å². The lowest BCUT2D eigenvalue weighted by Crippen LogP contribution is -2.42. The maximum absolute atomic E-state index is 5.50. The van der Waals surface area contributed by atoms with Crippen LogP contribution in [0.2, 0.25) is 0 Å². The molecule has 1 unspecified atom stereocenters. The van der Waals surface area contributed by atoms with Crippen molar-refractivity contribution in [2.24, 2.45) is 4.99 Å². The molecule has 0 bridgehead atoms. The van der Waals surface area contributed by atoms with E-state index in [4.69, 9.17) is 14.2 Å². The summed E-state index contributed by atoms with van der Waals surface area (Å²) in [6.45, 7) is 3.61. The molecular formula is C24H35IN4O3. The number of guanidine groups is 1. The second-order valence-corrected chi connectivity index (χ2v) is 7.52. The van der Waals surface area contributed by atoms with E-state index in [1.807, 2.05) is 30.3 Å². The summed E-state index contributed by atoms with van der Waals surface area (Å²) in [5, 5.41) is 6.90. The highest BCUT2D eigenvalue weighted by Gasteiger charge is 2.23. The first-order chi connectivity index (χ1) is 15.2. The molecule has 1 fully saturated rings. The van der Waals surface area contributed by atoms with Gasteiger partial charge in [-0.1, -0.05) is 12.1 Å². The van der Waals surface area contributed by atoms with Gasteiger partial charge in [-0.3, -0.25) is 9.89 Å². The zero-order valence-electron chi connectivity index (χ0n) is 19.4. The van der Waals surface area contributed by atoms with Crippen molar-refractivity contribution < 1.29 is 14.2 Å². The molecule has 0 spiro atoms. The van der Waals surface area contributed by atoms with Crippen molar-refractivity contribution in [3.63, 3.8) is 0 Å². The Balaban J connectivity index is 0.00000363. The van der Waals surface area contributed by atoms with Crippen LogP contribution in [0.1, 0.15) is 30.0 Å². The molecule has 0 saturated carbocycles. The second kappa shape index (κ2) is 13.4. The lowest BCUT2D eigenvalue weighted by molar-refractivity contribution is 0.245. The molecule has 32 heavy (non-hydrogen) atoms. The van der Waals surface area contributed by atoms with Crippen molar-refractivity contribution in [1.29, 1.82) is 0 Å². The van der Waals surface area contributed by atoms with Crippen LogP contribution in [-0.2, 0) is 6.54 Å². The first-order valence-corrected chi connectivity index (χ1v) is 10.7. The Morgan fingerprint density at radius 3 is 2.19 bits per heavy atom. The second-order valence-electron chi connectivity index (χ2n) is 7.52. The van der Waals surface area contributed by atoms with Gasteiger partial charge < -0.3 is 24.8 Å². The summed E-state index contributed by atoms with van der Waals surface area (Å²) in [5.74, 6) is 3.20. The van der Waals surface area contributed by atoms with Gasteiger partial charge in [-0.05, 0) is 55.8 Å². The van der Waals surface area contributed by atoms with Crippen LogP contribution in [0.15, 0.2) is 47.5 Å². The summed E-state index contributed by atoms with van der Waals surface area (Å²) >= 11 is 0. The smallest absolute Gasteiger partial charge is 0.191 e. The molecule has 3 rings (SSSR count). The average molecular weight is 554 g/mol. The largest absolute Gasteiger partial charge is 0.497 e. The van der Waals surface area contributed by atoms with Crippen molar-refractivity contribution >= 4 is 29.9 Å². The van der Waals surface area contributed by atoms with Gasteiger partial charge in [0.15, 0.2) is 5.96 Å². The minimum Gasteiger partial charge on any atom is -0.497 e. The Labute approximate surface area is 208 Å². The Morgan fingerprint density at radius 2 is 1.59 bits per heavy atom. The van der Waals surface area contributed by atoms with Crippen molar-refractivity contribution in [3.05, 3.63) is 53.6 Å². The van der Waals surface area contributed by atoms with Gasteiger partial charge in [-0.15, -0.1) is 24.0 Å². The van der Waals surface area contributed by atoms with Gasteiger partial charge in [0.25, 0.3) is 0 Å². The summed E-state index contributed by atoms with van der Waals surface area (Å²) in [6.07, 6.45) is 2.49. The Hall–Kier alpha value is -2.20. The fourth-order valence-electron chi connectivity index (χ4n) is 3.93. The minimum absolute atomic E-state index is 0. The van der Waals surface area contributed by atoms with Crippen molar-refractivity contribution in [2.75, 3.05) is 48.0 Å². The van der Waals surface area contributed by atoms with Crippen molar-refractivity contribution in [2.45, 2.75) is 25.4 Å². The molecule has 2 N–H and O–H groups in total. The van der Waals surface area contributed by atoms with E-state index < -0.39 is 0 Å². The van der Waals surface area contributed by atoms with Crippen LogP contribution in [0.5, 0.6) is 17.2 Å². The number of halogens is 1. The van der Waals surface area contributed by atoms with Gasteiger partial charge in [0.1, 0.15) is 17.2 Å². The summed E-state index contributed by atoms with van der Waals surface area (Å²) < 4.78 is 16.1. The summed E-state index contributed by atoms with van der Waals surface area (Å²) in [5.41, 5.74) is 2.32. The van der Waals surface area contributed by atoms with Gasteiger partial charge >= 0.3 is 0 Å². The number of nitrogens with one attached hydrogen (secondary N) is 2. The van der Waals surface area contributed by atoms with Gasteiger partial charge in [-0.2, -0.15) is 0 Å². The molecule has 1 atom stereocenters. The monoisotopic (exact) mass is 554 g/mol. The zero-order valence-corrected chi connectivity index (χ0v) is 21.7. The quantitative estimate of drug-likeness (QED) is 0.279. The Bertz CT molecular complexity index is 855. The van der Waals surface area contributed by atoms with Gasteiger partial charge in [0.05, 0.1) is 27.4 Å². The summed E-state index contributed by atoms with van der Waals surface area (Å²) in [6, 6.07) is 14.5. The SMILES string of the molecule is CN=C(NCc1ccc(OC)cc1OC)NCC(c1ccc(OC)cc1)N1CCCC1.I. The van der Waals surface area contributed by atoms with E-state index in [0.29, 0.717) is 6.54 Å². The fraction of sp³-hybridized carbons (Fsp3) is 0.458. The highest BCUT2D eigenvalue weighted by Crippen LogP contribution is 2.26. The molecule has 2 aromatic carbocycles. The number of methoxy groups -OCH3 is 3. The van der Waals surface area contributed by atoms with Crippen molar-refractivity contribution in [1.82, 2.24) is 15.5 Å². The van der Waals surface area contributed by atoms with E-state index in [1.54, 1.807) is 28.4 Å². The average Bonchev–Trinajstić information content (AvgIpc) is 3.36. The van der Waals surface area contributed by atoms with E-state index >= 15 is 0 Å². The lowest BCUT2D eigenvalue weighted by atomic mass is 10.1. The molecule has 1 saturated heterocycles. The van der Waals surface area contributed by atoms with Gasteiger partial charge in [-0.25, -0.2) is 0 Å². The van der Waals surface area contributed by atoms with E-state index in [-0.39, 0.29) is 30.0 Å². The Morgan fingerprint density at radius 1 is 0.938 bits per heavy atom. The predicted octanol–water partition coefficient (Wildman–Crippen LogP) is 3.83. The summed E-state index contributed by atoms with van der Waals surface area (Å²) in [4.78, 5) is 6.94. The first-order valence-electron chi connectivity index (χ1n) is 10.7. The third-order valence-electron chi connectivity index (χ3n) is 5.71. The van der Waals surface area contributed by atoms with Gasteiger partial charge in [0, 0.05) is 31.8 Å². The standard InChI is InChI=1S/C24H34N4O3.HI/c1-25-24(26-16-19-9-12-21(30-3)15-23(19)31-4)27-17-22(28-13-5-6-14-28)18-7-10-20(29-2)11-8-18;/h7-12,15,22H,5-6,13-14,16-17H2,1-4H3,(H2,25,26,27);1H. The first kappa shape index (κ1) is 26.1. The van der Waals surface area contributed by atoms with E-state index in [0.717, 1.165) is 48.4 Å². The third-order valence-corrected chi connectivity index (χ3v) is 5.71. The molecular weight excluding hydrogens is 519 g/mol. The number of aliphatic imine (C=N–C) groups is 1. The predicted molar refractivity (Wildman–Crippen MR) is 140 cm³/mol. The molecule has 1 aliphatic heterocycles. The van der Waals surface area contributed by atoms with E-state index in [2.05, 4.69) is 32.7 Å². The molecule has 1 heterocycles. The molecule has 2 aromatic rings. The Kier molecular flexibility index (Phi) is 10.9. The number of likely N-dealkylation sites (tertiary alicyclic amines) is 1. The number of ether oxygens (including phenoxy) is 3. The lowest BCUT2D eigenvalue weighted by Gasteiger charge is -2.29. The zero-order chi connectivity index (χ0) is 22.1. The molecule has 7 nitrogen and oxygen atoms in total. The summed E-state index contributed by atoms with van der Waals surface area (Å²) in [7, 11) is 6.81. The van der Waals surface area contributed by atoms with E-state index in [1.165, 1.54) is 18.4 Å². The highest BCUT2D eigenvalue weighted by molar-refractivity contribution is 14.0. The fourth-order valence-corrected chi connectivity index (χ4v) is 3.93. The topological polar surface area (TPSA) is 67.4 Å². The van der Waals surface area contributed by atoms with Crippen LogP contribution in [0, 0.1) is 0 Å².